The number of carbonyl (C=O) groups is 2. The van der Waals surface area contributed by atoms with Crippen LogP contribution >= 0.6 is 0 Å². The van der Waals surface area contributed by atoms with Gasteiger partial charge in [-0.2, -0.15) is 0 Å². The van der Waals surface area contributed by atoms with E-state index < -0.39 is 0 Å². The van der Waals surface area contributed by atoms with Crippen molar-refractivity contribution < 1.29 is 19.1 Å². The van der Waals surface area contributed by atoms with E-state index in [2.05, 4.69) is 19.2 Å². The van der Waals surface area contributed by atoms with Gasteiger partial charge in [0.2, 0.25) is 5.91 Å². The largest absolute Gasteiger partial charge is 0.497 e. The molecule has 0 spiro atoms. The number of hydrogen-bond acceptors (Lipinski definition) is 4. The molecule has 0 unspecified atom stereocenters. The van der Waals surface area contributed by atoms with Gasteiger partial charge in [0, 0.05) is 30.4 Å². The number of aromatic nitrogens is 1. The standard InChI is InChI=1S/C26H36N2O4/c1-6-32-26(30)22-16-24(20-10-12-21(31-5)13-11-20)28(19(22)4)15-14-25(29)27-23-9-7-8-17(2)18(23)3/h10-13,16-18,23H,6-9,14-15H2,1-5H3,(H,27,29)/t17-,18+,23-/m1/s1. The van der Waals surface area contributed by atoms with Gasteiger partial charge in [-0.1, -0.05) is 26.7 Å². The topological polar surface area (TPSA) is 69.6 Å². The van der Waals surface area contributed by atoms with Gasteiger partial charge >= 0.3 is 5.97 Å². The van der Waals surface area contributed by atoms with Crippen LogP contribution in [0.2, 0.25) is 0 Å². The molecule has 6 nitrogen and oxygen atoms in total. The highest BCUT2D eigenvalue weighted by atomic mass is 16.5. The molecule has 3 atom stereocenters. The third-order valence-electron chi connectivity index (χ3n) is 6.86. The van der Waals surface area contributed by atoms with Crippen molar-refractivity contribution in [2.24, 2.45) is 11.8 Å². The van der Waals surface area contributed by atoms with Crippen LogP contribution in [0.4, 0.5) is 0 Å². The number of ether oxygens (including phenoxy) is 2. The molecule has 174 valence electrons. The van der Waals surface area contributed by atoms with Gasteiger partial charge in [-0.15, -0.1) is 0 Å². The van der Waals surface area contributed by atoms with Crippen LogP contribution in [-0.2, 0) is 16.1 Å². The van der Waals surface area contributed by atoms with E-state index in [1.165, 1.54) is 6.42 Å². The molecule has 1 amide bonds. The molecule has 0 radical (unpaired) electrons. The Morgan fingerprint density at radius 3 is 2.53 bits per heavy atom. The van der Waals surface area contributed by atoms with Crippen LogP contribution in [0.3, 0.4) is 0 Å². The average Bonchev–Trinajstić information content (AvgIpc) is 3.12. The van der Waals surface area contributed by atoms with Crippen molar-refractivity contribution in [3.8, 4) is 17.0 Å². The van der Waals surface area contributed by atoms with E-state index in [-0.39, 0.29) is 17.9 Å². The fourth-order valence-electron chi connectivity index (χ4n) is 4.63. The number of methoxy groups -OCH3 is 1. The normalized spacial score (nSPS) is 20.6. The molecule has 1 aromatic carbocycles. The number of nitrogens with zero attached hydrogens (tertiary/aromatic N) is 1. The molecule has 1 aliphatic carbocycles. The van der Waals surface area contributed by atoms with Crippen LogP contribution < -0.4 is 10.1 Å². The summed E-state index contributed by atoms with van der Waals surface area (Å²) in [5.41, 5.74) is 3.19. The van der Waals surface area contributed by atoms with Gasteiger partial charge in [0.1, 0.15) is 5.75 Å². The van der Waals surface area contributed by atoms with Crippen molar-refractivity contribution in [2.75, 3.05) is 13.7 Å². The van der Waals surface area contributed by atoms with E-state index in [0.29, 0.717) is 37.0 Å². The zero-order chi connectivity index (χ0) is 23.3. The summed E-state index contributed by atoms with van der Waals surface area (Å²) in [6, 6.07) is 9.81. The molecule has 0 aliphatic heterocycles. The number of carbonyl (C=O) groups excluding carboxylic acids is 2. The first-order valence-corrected chi connectivity index (χ1v) is 11.7. The van der Waals surface area contributed by atoms with Crippen LogP contribution in [0.15, 0.2) is 30.3 Å². The van der Waals surface area contributed by atoms with Crippen molar-refractivity contribution in [3.63, 3.8) is 0 Å². The molecule has 1 heterocycles. The molecule has 1 aliphatic rings. The van der Waals surface area contributed by atoms with Crippen molar-refractivity contribution in [2.45, 2.75) is 66.0 Å². The second-order valence-corrected chi connectivity index (χ2v) is 8.82. The zero-order valence-corrected chi connectivity index (χ0v) is 19.9. The number of amides is 1. The summed E-state index contributed by atoms with van der Waals surface area (Å²) < 4.78 is 12.6. The van der Waals surface area contributed by atoms with Crippen molar-refractivity contribution in [3.05, 3.63) is 41.6 Å². The first-order valence-electron chi connectivity index (χ1n) is 11.7. The molecule has 0 bridgehead atoms. The van der Waals surface area contributed by atoms with E-state index in [4.69, 9.17) is 9.47 Å². The molecule has 0 saturated heterocycles. The fourth-order valence-corrected chi connectivity index (χ4v) is 4.63. The maximum Gasteiger partial charge on any atom is 0.339 e. The van der Waals surface area contributed by atoms with Gasteiger partial charge in [-0.05, 0) is 68.0 Å². The molecule has 1 N–H and O–H groups in total. The van der Waals surface area contributed by atoms with Gasteiger partial charge < -0.3 is 19.4 Å². The number of nitrogens with one attached hydrogen (secondary N) is 1. The minimum atomic E-state index is -0.340. The Bertz CT molecular complexity index is 932. The minimum absolute atomic E-state index is 0.0578. The fraction of sp³-hybridized carbons (Fsp3) is 0.538. The van der Waals surface area contributed by atoms with Crippen LogP contribution in [0, 0.1) is 18.8 Å². The predicted molar refractivity (Wildman–Crippen MR) is 126 cm³/mol. The van der Waals surface area contributed by atoms with Gasteiger partial charge in [0.05, 0.1) is 19.3 Å². The quantitative estimate of drug-likeness (QED) is 0.588. The smallest absolute Gasteiger partial charge is 0.339 e. The third kappa shape index (κ3) is 5.34. The lowest BCUT2D eigenvalue weighted by atomic mass is 9.78. The van der Waals surface area contributed by atoms with Crippen LogP contribution in [-0.4, -0.2) is 36.2 Å². The van der Waals surface area contributed by atoms with Gasteiger partial charge in [0.25, 0.3) is 0 Å². The maximum atomic E-state index is 12.8. The Morgan fingerprint density at radius 1 is 1.16 bits per heavy atom. The molecular weight excluding hydrogens is 404 g/mol. The van der Waals surface area contributed by atoms with Gasteiger partial charge in [-0.3, -0.25) is 4.79 Å². The molecular formula is C26H36N2O4. The molecule has 1 aromatic heterocycles. The average molecular weight is 441 g/mol. The second-order valence-electron chi connectivity index (χ2n) is 8.82. The lowest BCUT2D eigenvalue weighted by molar-refractivity contribution is -0.122. The molecule has 3 rings (SSSR count). The first-order chi connectivity index (χ1) is 15.3. The number of benzene rings is 1. The van der Waals surface area contributed by atoms with E-state index >= 15 is 0 Å². The Balaban J connectivity index is 1.80. The molecule has 2 aromatic rings. The number of hydrogen-bond donors (Lipinski definition) is 1. The third-order valence-corrected chi connectivity index (χ3v) is 6.86. The highest BCUT2D eigenvalue weighted by Crippen LogP contribution is 2.30. The summed E-state index contributed by atoms with van der Waals surface area (Å²) >= 11 is 0. The maximum absolute atomic E-state index is 12.8. The van der Waals surface area contributed by atoms with Gasteiger partial charge in [0.15, 0.2) is 0 Å². The second kappa shape index (κ2) is 10.7. The van der Waals surface area contributed by atoms with Crippen LogP contribution in [0.5, 0.6) is 5.75 Å². The lowest BCUT2D eigenvalue weighted by Crippen LogP contribution is -2.43. The molecule has 1 saturated carbocycles. The van der Waals surface area contributed by atoms with E-state index in [1.54, 1.807) is 14.0 Å². The van der Waals surface area contributed by atoms with Crippen LogP contribution in [0.1, 0.15) is 62.5 Å². The molecule has 6 heteroatoms. The summed E-state index contributed by atoms with van der Waals surface area (Å²) in [6.07, 6.45) is 3.80. The predicted octanol–water partition coefficient (Wildman–Crippen LogP) is 4.98. The van der Waals surface area contributed by atoms with Crippen LogP contribution in [0.25, 0.3) is 11.3 Å². The summed E-state index contributed by atoms with van der Waals surface area (Å²) in [6.45, 7) is 9.02. The summed E-state index contributed by atoms with van der Waals surface area (Å²) in [5, 5.41) is 3.25. The Morgan fingerprint density at radius 2 is 1.88 bits per heavy atom. The van der Waals surface area contributed by atoms with Crippen molar-refractivity contribution >= 4 is 11.9 Å². The Hall–Kier alpha value is -2.76. The van der Waals surface area contributed by atoms with Crippen molar-refractivity contribution in [1.82, 2.24) is 9.88 Å². The SMILES string of the molecule is CCOC(=O)c1cc(-c2ccc(OC)cc2)n(CCC(=O)N[C@@H]2CCC[C@@H](C)[C@@H]2C)c1C. The highest BCUT2D eigenvalue weighted by Gasteiger charge is 2.28. The lowest BCUT2D eigenvalue weighted by Gasteiger charge is -2.34. The van der Waals surface area contributed by atoms with E-state index in [0.717, 1.165) is 35.5 Å². The first kappa shape index (κ1) is 23.9. The van der Waals surface area contributed by atoms with Crippen molar-refractivity contribution in [1.29, 1.82) is 0 Å². The summed E-state index contributed by atoms with van der Waals surface area (Å²) in [5.74, 6) is 1.61. The molecule has 32 heavy (non-hydrogen) atoms. The van der Waals surface area contributed by atoms with E-state index in [9.17, 15) is 9.59 Å². The number of esters is 1. The summed E-state index contributed by atoms with van der Waals surface area (Å²) in [7, 11) is 1.63. The van der Waals surface area contributed by atoms with Gasteiger partial charge in [-0.25, -0.2) is 4.79 Å². The zero-order valence-electron chi connectivity index (χ0n) is 19.9. The molecule has 1 fully saturated rings. The Labute approximate surface area is 191 Å². The summed E-state index contributed by atoms with van der Waals surface area (Å²) in [4.78, 5) is 25.3. The number of rotatable bonds is 8. The minimum Gasteiger partial charge on any atom is -0.497 e. The van der Waals surface area contributed by atoms with E-state index in [1.807, 2.05) is 41.8 Å². The Kier molecular flexibility index (Phi) is 7.99. The highest BCUT2D eigenvalue weighted by molar-refractivity contribution is 5.92. The monoisotopic (exact) mass is 440 g/mol.